The number of amides is 1. The molecule has 0 aliphatic rings. The molecule has 0 radical (unpaired) electrons. The van der Waals surface area contributed by atoms with Crippen molar-refractivity contribution in [3.63, 3.8) is 0 Å². The van der Waals surface area contributed by atoms with Crippen molar-refractivity contribution in [2.45, 2.75) is 39.5 Å². The van der Waals surface area contributed by atoms with E-state index in [9.17, 15) is 9.59 Å². The normalized spacial score (nSPS) is 11.9. The summed E-state index contributed by atoms with van der Waals surface area (Å²) in [6.45, 7) is 5.10. The summed E-state index contributed by atoms with van der Waals surface area (Å²) in [4.78, 5) is 28.3. The molecule has 0 aliphatic heterocycles. The number of aromatic amines is 1. The fourth-order valence-electron chi connectivity index (χ4n) is 3.10. The Kier molecular flexibility index (Phi) is 8.30. The molecule has 2 heterocycles. The number of benzene rings is 1. The average Bonchev–Trinajstić information content (AvgIpc) is 3.28. The van der Waals surface area contributed by atoms with E-state index >= 15 is 0 Å². The Bertz CT molecular complexity index is 1160. The molecule has 0 atom stereocenters. The second-order valence-corrected chi connectivity index (χ2v) is 7.14. The Morgan fingerprint density at radius 2 is 2.03 bits per heavy atom. The van der Waals surface area contributed by atoms with E-state index in [2.05, 4.69) is 37.9 Å². The van der Waals surface area contributed by atoms with Gasteiger partial charge in [0.05, 0.1) is 5.39 Å². The molecule has 0 fully saturated rings. The van der Waals surface area contributed by atoms with E-state index in [1.165, 1.54) is 0 Å². The quantitative estimate of drug-likeness (QED) is 0.311. The van der Waals surface area contributed by atoms with Crippen molar-refractivity contribution >= 4 is 28.1 Å². The number of hydrogen-bond donors (Lipinski definition) is 3. The molecule has 1 amide bonds. The zero-order valence-electron chi connectivity index (χ0n) is 18.4. The smallest absolute Gasteiger partial charge is 0.272 e. The molecule has 3 aromatic rings. The first-order chi connectivity index (χ1) is 15.6. The van der Waals surface area contributed by atoms with Gasteiger partial charge >= 0.3 is 0 Å². The Labute approximate surface area is 186 Å². The maximum absolute atomic E-state index is 12.1. The number of allylic oxidation sites excluding steroid dienone is 4. The molecule has 32 heavy (non-hydrogen) atoms. The summed E-state index contributed by atoms with van der Waals surface area (Å²) in [6.07, 6.45) is 8.21. The highest BCUT2D eigenvalue weighted by molar-refractivity contribution is 5.90. The van der Waals surface area contributed by atoms with Crippen LogP contribution in [-0.4, -0.2) is 39.3 Å². The molecule has 0 unspecified atom stereocenters. The van der Waals surface area contributed by atoms with Crippen molar-refractivity contribution in [3.05, 3.63) is 64.6 Å². The first-order valence-electron chi connectivity index (χ1n) is 10.8. The van der Waals surface area contributed by atoms with Crippen LogP contribution in [0.15, 0.2) is 51.8 Å². The van der Waals surface area contributed by atoms with Crippen LogP contribution in [0.1, 0.15) is 44.8 Å². The lowest BCUT2D eigenvalue weighted by Crippen LogP contribution is -2.26. The van der Waals surface area contributed by atoms with Gasteiger partial charge in [0.1, 0.15) is 0 Å². The van der Waals surface area contributed by atoms with E-state index in [-0.39, 0.29) is 17.9 Å². The highest BCUT2D eigenvalue weighted by Gasteiger charge is 2.11. The molecule has 0 aliphatic carbocycles. The average molecular weight is 437 g/mol. The second kappa shape index (κ2) is 11.6. The van der Waals surface area contributed by atoms with Gasteiger partial charge < -0.3 is 15.2 Å². The van der Waals surface area contributed by atoms with Crippen LogP contribution in [0.4, 0.5) is 5.82 Å². The molecular weight excluding hydrogens is 408 g/mol. The summed E-state index contributed by atoms with van der Waals surface area (Å²) in [5, 5.41) is 18.0. The van der Waals surface area contributed by atoms with Gasteiger partial charge in [0.25, 0.3) is 5.56 Å². The maximum atomic E-state index is 12.1. The number of aromatic nitrogens is 4. The zero-order valence-corrected chi connectivity index (χ0v) is 18.4. The Balaban J connectivity index is 1.39. The molecule has 1 aromatic carbocycles. The number of carbonyl (C=O) groups excluding carboxylic acids is 1. The van der Waals surface area contributed by atoms with Gasteiger partial charge in [-0.2, -0.15) is 10.1 Å². The lowest BCUT2D eigenvalue weighted by atomic mass is 10.2. The van der Waals surface area contributed by atoms with E-state index in [0.717, 1.165) is 17.4 Å². The van der Waals surface area contributed by atoms with Crippen LogP contribution in [0.25, 0.3) is 16.3 Å². The van der Waals surface area contributed by atoms with Crippen LogP contribution in [0.5, 0.6) is 0 Å². The minimum absolute atomic E-state index is 0.0745. The summed E-state index contributed by atoms with van der Waals surface area (Å²) in [7, 11) is 0. The molecular formula is C23H28N6O3. The molecule has 0 saturated heterocycles. The van der Waals surface area contributed by atoms with E-state index in [1.807, 2.05) is 43.4 Å². The monoisotopic (exact) mass is 436 g/mol. The highest BCUT2D eigenvalue weighted by atomic mass is 16.5. The van der Waals surface area contributed by atoms with Crippen LogP contribution in [0, 0.1) is 0 Å². The lowest BCUT2D eigenvalue weighted by molar-refractivity contribution is -0.121. The third-order valence-corrected chi connectivity index (χ3v) is 4.80. The topological polar surface area (TPSA) is 126 Å². The highest BCUT2D eigenvalue weighted by Crippen LogP contribution is 2.16. The van der Waals surface area contributed by atoms with Crippen molar-refractivity contribution in [3.8, 4) is 0 Å². The molecule has 168 valence electrons. The third kappa shape index (κ3) is 6.13. The number of hydrogen-bond acceptors (Lipinski definition) is 7. The van der Waals surface area contributed by atoms with Crippen molar-refractivity contribution < 1.29 is 9.32 Å². The summed E-state index contributed by atoms with van der Waals surface area (Å²) in [5.74, 6) is 1.52. The molecule has 0 spiro atoms. The number of fused-ring (bicyclic) bond motifs is 1. The number of carbonyl (C=O) groups is 1. The number of nitrogens with one attached hydrogen (secondary N) is 3. The summed E-state index contributed by atoms with van der Waals surface area (Å²) < 4.78 is 5.26. The summed E-state index contributed by atoms with van der Waals surface area (Å²) >= 11 is 0. The number of aryl methyl sites for hydroxylation is 1. The van der Waals surface area contributed by atoms with Gasteiger partial charge in [-0.05, 0) is 25.8 Å². The van der Waals surface area contributed by atoms with Crippen molar-refractivity contribution in [1.82, 2.24) is 25.7 Å². The van der Waals surface area contributed by atoms with E-state index < -0.39 is 0 Å². The van der Waals surface area contributed by atoms with Crippen LogP contribution < -0.4 is 16.2 Å². The fourth-order valence-corrected chi connectivity index (χ4v) is 3.10. The maximum Gasteiger partial charge on any atom is 0.272 e. The van der Waals surface area contributed by atoms with Gasteiger partial charge in [0.2, 0.25) is 17.6 Å². The minimum atomic E-state index is -0.217. The molecule has 3 N–H and O–H groups in total. The standard InChI is InChI=1S/C23H28N6O3/c1-3-5-9-16(4-2)21-26-20(32-29-21)13-12-19(30)24-14-8-15-25-22-17-10-6-7-11-18(17)23(31)28-27-22/h4-7,9-11H,3,8,12-15H2,1-2H3,(H,24,30)(H,25,27)(H,28,31)/b9-5-,16-4+. The van der Waals surface area contributed by atoms with Crippen LogP contribution in [0.3, 0.4) is 0 Å². The molecule has 2 aromatic heterocycles. The van der Waals surface area contributed by atoms with Gasteiger partial charge in [0.15, 0.2) is 5.82 Å². The zero-order chi connectivity index (χ0) is 22.8. The number of nitrogens with zero attached hydrogens (tertiary/aromatic N) is 3. The SMILES string of the molecule is C/C=C(\C=C/CC)c1noc(CCC(=O)NCCCNc2n[nH]c(=O)c3ccccc23)n1. The Hall–Kier alpha value is -3.75. The minimum Gasteiger partial charge on any atom is -0.368 e. The van der Waals surface area contributed by atoms with Crippen LogP contribution in [-0.2, 0) is 11.2 Å². The Morgan fingerprint density at radius 1 is 1.22 bits per heavy atom. The number of H-pyrrole nitrogens is 1. The number of anilines is 1. The molecule has 9 nitrogen and oxygen atoms in total. The van der Waals surface area contributed by atoms with Crippen molar-refractivity contribution in [2.75, 3.05) is 18.4 Å². The van der Waals surface area contributed by atoms with Crippen LogP contribution in [0.2, 0.25) is 0 Å². The fraction of sp³-hybridized carbons (Fsp3) is 0.348. The first-order valence-corrected chi connectivity index (χ1v) is 10.8. The second-order valence-electron chi connectivity index (χ2n) is 7.14. The van der Waals surface area contributed by atoms with E-state index in [0.29, 0.717) is 48.9 Å². The van der Waals surface area contributed by atoms with Gasteiger partial charge in [0, 0.05) is 36.9 Å². The first kappa shape index (κ1) is 22.9. The molecule has 9 heteroatoms. The molecule has 3 rings (SSSR count). The third-order valence-electron chi connectivity index (χ3n) is 4.80. The van der Waals surface area contributed by atoms with Gasteiger partial charge in [-0.15, -0.1) is 0 Å². The number of rotatable bonds is 11. The van der Waals surface area contributed by atoms with E-state index in [4.69, 9.17) is 4.52 Å². The van der Waals surface area contributed by atoms with Crippen molar-refractivity contribution in [2.24, 2.45) is 0 Å². The van der Waals surface area contributed by atoms with Crippen LogP contribution >= 0.6 is 0 Å². The Morgan fingerprint density at radius 3 is 2.81 bits per heavy atom. The molecule has 0 saturated carbocycles. The predicted octanol–water partition coefficient (Wildman–Crippen LogP) is 3.23. The van der Waals surface area contributed by atoms with Gasteiger partial charge in [-0.3, -0.25) is 9.59 Å². The van der Waals surface area contributed by atoms with Gasteiger partial charge in [-0.25, -0.2) is 5.10 Å². The lowest BCUT2D eigenvalue weighted by Gasteiger charge is -2.08. The summed E-state index contributed by atoms with van der Waals surface area (Å²) in [5.41, 5.74) is 0.676. The largest absolute Gasteiger partial charge is 0.368 e. The molecule has 0 bridgehead atoms. The van der Waals surface area contributed by atoms with Crippen molar-refractivity contribution in [1.29, 1.82) is 0 Å². The predicted molar refractivity (Wildman–Crippen MR) is 124 cm³/mol. The van der Waals surface area contributed by atoms with E-state index in [1.54, 1.807) is 6.07 Å². The summed E-state index contributed by atoms with van der Waals surface area (Å²) in [6, 6.07) is 7.29. The van der Waals surface area contributed by atoms with Gasteiger partial charge in [-0.1, -0.05) is 48.5 Å².